The minimum atomic E-state index is -0.283. The maximum Gasteiger partial charge on any atom is 0.133 e. The van der Waals surface area contributed by atoms with E-state index in [0.717, 1.165) is 0 Å². The smallest absolute Gasteiger partial charge is 0.133 e. The third kappa shape index (κ3) is 2.05. The lowest BCUT2D eigenvalue weighted by atomic mass is 10.1. The molecule has 4 heteroatoms. The normalized spacial score (nSPS) is 10.4. The number of benzene rings is 1. The van der Waals surface area contributed by atoms with Gasteiger partial charge in [-0.25, -0.2) is 9.37 Å². The number of nitrogens with zero attached hydrogens (tertiary/aromatic N) is 1. The molecule has 1 aromatic carbocycles. The summed E-state index contributed by atoms with van der Waals surface area (Å²) < 4.78 is 13.5. The van der Waals surface area contributed by atoms with Crippen LogP contribution >= 0.6 is 11.6 Å². The summed E-state index contributed by atoms with van der Waals surface area (Å²) in [4.78, 5) is 3.99. The zero-order chi connectivity index (χ0) is 11.5. The van der Waals surface area contributed by atoms with Gasteiger partial charge >= 0.3 is 0 Å². The maximum atomic E-state index is 13.5. The number of pyridine rings is 1. The lowest BCUT2D eigenvalue weighted by Gasteiger charge is -2.06. The molecule has 2 N–H and O–H groups in total. The molecule has 0 fully saturated rings. The predicted molar refractivity (Wildman–Crippen MR) is 62.5 cm³/mol. The van der Waals surface area contributed by atoms with Crippen molar-refractivity contribution >= 4 is 11.6 Å². The van der Waals surface area contributed by atoms with E-state index in [1.807, 2.05) is 0 Å². The molecule has 0 saturated heterocycles. The highest BCUT2D eigenvalue weighted by Crippen LogP contribution is 2.24. The third-order valence-corrected chi connectivity index (χ3v) is 2.66. The molecule has 0 aliphatic carbocycles. The first-order valence-electron chi connectivity index (χ1n) is 4.81. The van der Waals surface area contributed by atoms with Gasteiger partial charge in [0.15, 0.2) is 0 Å². The largest absolute Gasteiger partial charge is 0.326 e. The Morgan fingerprint density at radius 3 is 2.75 bits per heavy atom. The average molecular weight is 237 g/mol. The summed E-state index contributed by atoms with van der Waals surface area (Å²) in [7, 11) is 0. The molecule has 2 nitrogen and oxygen atoms in total. The average Bonchev–Trinajstić information content (AvgIpc) is 2.31. The quantitative estimate of drug-likeness (QED) is 0.815. The van der Waals surface area contributed by atoms with Crippen LogP contribution in [0.5, 0.6) is 0 Å². The van der Waals surface area contributed by atoms with E-state index in [1.165, 1.54) is 6.07 Å². The topological polar surface area (TPSA) is 38.9 Å². The van der Waals surface area contributed by atoms with Crippen LogP contribution in [-0.2, 0) is 6.54 Å². The van der Waals surface area contributed by atoms with E-state index in [9.17, 15) is 4.39 Å². The summed E-state index contributed by atoms with van der Waals surface area (Å²) >= 11 is 5.84. The van der Waals surface area contributed by atoms with Crippen LogP contribution in [0.3, 0.4) is 0 Å². The van der Waals surface area contributed by atoms with Crippen molar-refractivity contribution in [3.63, 3.8) is 0 Å². The van der Waals surface area contributed by atoms with Crippen molar-refractivity contribution in [3.8, 4) is 11.1 Å². The van der Waals surface area contributed by atoms with Crippen LogP contribution in [0.15, 0.2) is 36.5 Å². The molecule has 0 saturated carbocycles. The summed E-state index contributed by atoms with van der Waals surface area (Å²) in [5.41, 5.74) is 7.41. The highest BCUT2D eigenvalue weighted by atomic mass is 35.5. The van der Waals surface area contributed by atoms with Crippen molar-refractivity contribution in [1.29, 1.82) is 0 Å². The minimum absolute atomic E-state index is 0.283. The van der Waals surface area contributed by atoms with E-state index in [-0.39, 0.29) is 12.4 Å². The van der Waals surface area contributed by atoms with Gasteiger partial charge in [0.1, 0.15) is 11.0 Å². The van der Waals surface area contributed by atoms with Gasteiger partial charge in [0.2, 0.25) is 0 Å². The molecule has 1 aromatic heterocycles. The number of hydrogen-bond acceptors (Lipinski definition) is 2. The molecule has 0 bridgehead atoms. The summed E-state index contributed by atoms with van der Waals surface area (Å²) in [6, 6.07) is 8.28. The van der Waals surface area contributed by atoms with Crippen LogP contribution in [0.4, 0.5) is 4.39 Å². The molecule has 0 aliphatic rings. The fourth-order valence-corrected chi connectivity index (χ4v) is 1.66. The second-order valence-electron chi connectivity index (χ2n) is 3.36. The molecule has 1 heterocycles. The molecule has 16 heavy (non-hydrogen) atoms. The van der Waals surface area contributed by atoms with Crippen LogP contribution in [0.2, 0.25) is 5.15 Å². The van der Waals surface area contributed by atoms with E-state index in [0.29, 0.717) is 21.8 Å². The molecular formula is C12H10ClFN2. The number of aromatic nitrogens is 1. The van der Waals surface area contributed by atoms with Crippen molar-refractivity contribution in [2.45, 2.75) is 6.54 Å². The predicted octanol–water partition coefficient (Wildman–Crippen LogP) is 3.00. The lowest BCUT2D eigenvalue weighted by Crippen LogP contribution is -1.99. The van der Waals surface area contributed by atoms with Crippen LogP contribution < -0.4 is 5.73 Å². The zero-order valence-electron chi connectivity index (χ0n) is 8.45. The number of rotatable bonds is 2. The highest BCUT2D eigenvalue weighted by molar-refractivity contribution is 6.30. The molecule has 0 atom stereocenters. The lowest BCUT2D eigenvalue weighted by molar-refractivity contribution is 0.631. The Bertz CT molecular complexity index is 514. The van der Waals surface area contributed by atoms with Gasteiger partial charge in [-0.05, 0) is 12.1 Å². The molecule has 2 rings (SSSR count). The van der Waals surface area contributed by atoms with Crippen molar-refractivity contribution < 1.29 is 4.39 Å². The Labute approximate surface area is 97.9 Å². The van der Waals surface area contributed by atoms with Crippen LogP contribution in [0.25, 0.3) is 11.1 Å². The second-order valence-corrected chi connectivity index (χ2v) is 3.72. The first-order valence-corrected chi connectivity index (χ1v) is 5.19. The Hall–Kier alpha value is -1.45. The van der Waals surface area contributed by atoms with Gasteiger partial charge in [-0.15, -0.1) is 0 Å². The van der Waals surface area contributed by atoms with E-state index in [1.54, 1.807) is 30.5 Å². The molecular weight excluding hydrogens is 227 g/mol. The number of nitrogens with two attached hydrogens (primary N) is 1. The fourth-order valence-electron chi connectivity index (χ4n) is 1.48. The molecule has 2 aromatic rings. The molecule has 0 radical (unpaired) electrons. The minimum Gasteiger partial charge on any atom is -0.326 e. The standard InChI is InChI=1S/C12H10ClFN2/c13-12-8(6-15)5-9(7-16-12)10-3-1-2-4-11(10)14/h1-5,7H,6,15H2. The summed E-state index contributed by atoms with van der Waals surface area (Å²) in [6.45, 7) is 0.286. The van der Waals surface area contributed by atoms with Gasteiger partial charge in [0.05, 0.1) is 0 Å². The van der Waals surface area contributed by atoms with E-state index in [4.69, 9.17) is 17.3 Å². The Morgan fingerprint density at radius 1 is 1.31 bits per heavy atom. The Kier molecular flexibility index (Phi) is 3.17. The fraction of sp³-hybridized carbons (Fsp3) is 0.0833. The number of hydrogen-bond donors (Lipinski definition) is 1. The van der Waals surface area contributed by atoms with E-state index < -0.39 is 0 Å². The van der Waals surface area contributed by atoms with Gasteiger partial charge in [0.25, 0.3) is 0 Å². The van der Waals surface area contributed by atoms with Gasteiger partial charge in [-0.2, -0.15) is 0 Å². The number of halogens is 2. The summed E-state index contributed by atoms with van der Waals surface area (Å²) in [5, 5.41) is 0.364. The monoisotopic (exact) mass is 236 g/mol. The van der Waals surface area contributed by atoms with Gasteiger partial charge in [-0.1, -0.05) is 29.8 Å². The van der Waals surface area contributed by atoms with Crippen LogP contribution in [0.1, 0.15) is 5.56 Å². The molecule has 82 valence electrons. The van der Waals surface area contributed by atoms with Crippen molar-refractivity contribution in [2.75, 3.05) is 0 Å². The zero-order valence-corrected chi connectivity index (χ0v) is 9.21. The molecule has 0 amide bonds. The SMILES string of the molecule is NCc1cc(-c2ccccc2F)cnc1Cl. The van der Waals surface area contributed by atoms with Gasteiger partial charge in [-0.3, -0.25) is 0 Å². The van der Waals surface area contributed by atoms with Crippen molar-refractivity contribution in [1.82, 2.24) is 4.98 Å². The van der Waals surface area contributed by atoms with Gasteiger partial charge < -0.3 is 5.73 Å². The van der Waals surface area contributed by atoms with Gasteiger partial charge in [0, 0.05) is 29.4 Å². The first-order chi connectivity index (χ1) is 7.72. The van der Waals surface area contributed by atoms with Crippen LogP contribution in [0, 0.1) is 5.82 Å². The van der Waals surface area contributed by atoms with E-state index >= 15 is 0 Å². The Balaban J connectivity index is 2.53. The first kappa shape index (κ1) is 11.0. The second kappa shape index (κ2) is 4.60. The van der Waals surface area contributed by atoms with E-state index in [2.05, 4.69) is 4.98 Å². The van der Waals surface area contributed by atoms with Crippen molar-refractivity contribution in [3.05, 3.63) is 53.1 Å². The third-order valence-electron chi connectivity index (χ3n) is 2.32. The van der Waals surface area contributed by atoms with Crippen molar-refractivity contribution in [2.24, 2.45) is 5.73 Å². The molecule has 0 aliphatic heterocycles. The summed E-state index contributed by atoms with van der Waals surface area (Å²) in [5.74, 6) is -0.283. The summed E-state index contributed by atoms with van der Waals surface area (Å²) in [6.07, 6.45) is 1.54. The van der Waals surface area contributed by atoms with Crippen LogP contribution in [-0.4, -0.2) is 4.98 Å². The highest BCUT2D eigenvalue weighted by Gasteiger charge is 2.07. The molecule has 0 spiro atoms. The maximum absolute atomic E-state index is 13.5. The molecule has 0 unspecified atom stereocenters. The Morgan fingerprint density at radius 2 is 2.06 bits per heavy atom.